The summed E-state index contributed by atoms with van der Waals surface area (Å²) in [5.74, 6) is 0.330. The molecule has 0 amide bonds. The molecule has 1 N–H and O–H groups in total. The number of halogens is 3. The van der Waals surface area contributed by atoms with Crippen LogP contribution in [-0.4, -0.2) is 21.3 Å². The van der Waals surface area contributed by atoms with Gasteiger partial charge in [-0.05, 0) is 24.6 Å². The second-order valence-corrected chi connectivity index (χ2v) is 4.48. The van der Waals surface area contributed by atoms with Gasteiger partial charge in [0.1, 0.15) is 11.6 Å². The van der Waals surface area contributed by atoms with E-state index in [2.05, 4.69) is 25.0 Å². The number of rotatable bonds is 6. The minimum Gasteiger partial charge on any atom is -0.404 e. The highest BCUT2D eigenvalue weighted by Crippen LogP contribution is 2.21. The lowest BCUT2D eigenvalue weighted by atomic mass is 10.2. The first-order chi connectivity index (χ1) is 10.5. The Morgan fingerprint density at radius 3 is 2.45 bits per heavy atom. The van der Waals surface area contributed by atoms with Crippen molar-refractivity contribution in [3.05, 3.63) is 48.3 Å². The van der Waals surface area contributed by atoms with Crippen molar-refractivity contribution in [1.29, 1.82) is 0 Å². The maximum atomic E-state index is 12.1. The van der Waals surface area contributed by atoms with Crippen molar-refractivity contribution in [3.8, 4) is 5.75 Å². The Morgan fingerprint density at radius 1 is 1.18 bits per heavy atom. The van der Waals surface area contributed by atoms with Crippen LogP contribution < -0.4 is 10.1 Å². The van der Waals surface area contributed by atoms with Crippen LogP contribution in [0.3, 0.4) is 0 Å². The third kappa shape index (κ3) is 4.96. The van der Waals surface area contributed by atoms with Gasteiger partial charge in [-0.25, -0.2) is 9.97 Å². The Kier molecular flexibility index (Phi) is 5.26. The summed E-state index contributed by atoms with van der Waals surface area (Å²) in [6, 6.07) is 4.40. The van der Waals surface area contributed by atoms with E-state index in [1.54, 1.807) is 18.5 Å². The predicted molar refractivity (Wildman–Crippen MR) is 72.8 cm³/mol. The third-order valence-corrected chi connectivity index (χ3v) is 2.87. The van der Waals surface area contributed by atoms with Crippen LogP contribution >= 0.6 is 0 Å². The van der Waals surface area contributed by atoms with Gasteiger partial charge < -0.3 is 10.1 Å². The lowest BCUT2D eigenvalue weighted by Crippen LogP contribution is -2.22. The zero-order valence-electron chi connectivity index (χ0n) is 11.8. The monoisotopic (exact) mass is 312 g/mol. The first-order valence-corrected chi connectivity index (χ1v) is 6.69. The van der Waals surface area contributed by atoms with Crippen LogP contribution in [0.5, 0.6) is 5.75 Å². The minimum absolute atomic E-state index is 0.0471. The van der Waals surface area contributed by atoms with Gasteiger partial charge in [-0.3, -0.25) is 4.98 Å². The Bertz CT molecular complexity index is 575. The van der Waals surface area contributed by atoms with Crippen molar-refractivity contribution >= 4 is 0 Å². The SMILES string of the molecule is CCC(NCc1ccc(OC(F)(F)F)cn1)c1ncccn1. The van der Waals surface area contributed by atoms with Crippen molar-refractivity contribution in [2.75, 3.05) is 0 Å². The highest BCUT2D eigenvalue weighted by Gasteiger charge is 2.31. The average Bonchev–Trinajstić information content (AvgIpc) is 2.49. The quantitative estimate of drug-likeness (QED) is 0.888. The van der Waals surface area contributed by atoms with Gasteiger partial charge in [-0.2, -0.15) is 0 Å². The van der Waals surface area contributed by atoms with Gasteiger partial charge >= 0.3 is 6.36 Å². The molecule has 8 heteroatoms. The zero-order valence-corrected chi connectivity index (χ0v) is 11.8. The molecule has 0 saturated heterocycles. The number of aromatic nitrogens is 3. The molecular formula is C14H15F3N4O. The number of nitrogens with zero attached hydrogens (tertiary/aromatic N) is 3. The van der Waals surface area contributed by atoms with E-state index >= 15 is 0 Å². The van der Waals surface area contributed by atoms with E-state index in [9.17, 15) is 13.2 Å². The normalized spacial score (nSPS) is 12.9. The molecule has 0 radical (unpaired) electrons. The van der Waals surface area contributed by atoms with E-state index in [1.165, 1.54) is 12.1 Å². The number of pyridine rings is 1. The zero-order chi connectivity index (χ0) is 16.0. The summed E-state index contributed by atoms with van der Waals surface area (Å²) < 4.78 is 39.9. The molecule has 0 bridgehead atoms. The van der Waals surface area contributed by atoms with E-state index in [0.717, 1.165) is 12.6 Å². The fraction of sp³-hybridized carbons (Fsp3) is 0.357. The molecule has 1 unspecified atom stereocenters. The summed E-state index contributed by atoms with van der Waals surface area (Å²) in [4.78, 5) is 12.3. The molecule has 2 rings (SSSR count). The predicted octanol–water partition coefficient (Wildman–Crippen LogP) is 3.01. The lowest BCUT2D eigenvalue weighted by molar-refractivity contribution is -0.274. The van der Waals surface area contributed by atoms with E-state index in [-0.39, 0.29) is 11.8 Å². The molecule has 2 aromatic rings. The molecule has 2 heterocycles. The Morgan fingerprint density at radius 2 is 1.91 bits per heavy atom. The average molecular weight is 312 g/mol. The third-order valence-electron chi connectivity index (χ3n) is 2.87. The summed E-state index contributed by atoms with van der Waals surface area (Å²) in [6.45, 7) is 2.38. The standard InChI is InChI=1S/C14H15F3N4O/c1-2-12(13-18-6-3-7-19-13)21-8-10-4-5-11(9-20-10)22-14(15,16)17/h3-7,9,12,21H,2,8H2,1H3. The first kappa shape index (κ1) is 16.2. The van der Waals surface area contributed by atoms with Gasteiger partial charge in [0.05, 0.1) is 17.9 Å². The van der Waals surface area contributed by atoms with Crippen LogP contribution in [0.15, 0.2) is 36.8 Å². The molecule has 0 aliphatic heterocycles. The van der Waals surface area contributed by atoms with Gasteiger partial charge in [-0.1, -0.05) is 6.92 Å². The molecule has 0 fully saturated rings. The van der Waals surface area contributed by atoms with Crippen molar-refractivity contribution < 1.29 is 17.9 Å². The van der Waals surface area contributed by atoms with Crippen molar-refractivity contribution in [2.24, 2.45) is 0 Å². The topological polar surface area (TPSA) is 59.9 Å². The van der Waals surface area contributed by atoms with Crippen molar-refractivity contribution in [2.45, 2.75) is 32.3 Å². The number of ether oxygens (including phenoxy) is 1. The molecule has 0 aromatic carbocycles. The van der Waals surface area contributed by atoms with Gasteiger partial charge in [0.25, 0.3) is 0 Å². The lowest BCUT2D eigenvalue weighted by Gasteiger charge is -2.15. The van der Waals surface area contributed by atoms with E-state index in [1.807, 2.05) is 6.92 Å². The summed E-state index contributed by atoms with van der Waals surface area (Å²) in [6.07, 6.45) is 0.436. The molecule has 0 aliphatic rings. The maximum absolute atomic E-state index is 12.1. The minimum atomic E-state index is -4.71. The van der Waals surface area contributed by atoms with Gasteiger partial charge in [0.2, 0.25) is 0 Å². The van der Waals surface area contributed by atoms with Gasteiger partial charge in [0, 0.05) is 18.9 Å². The fourth-order valence-electron chi connectivity index (χ4n) is 1.85. The highest BCUT2D eigenvalue weighted by atomic mass is 19.4. The molecule has 0 saturated carbocycles. The molecule has 5 nitrogen and oxygen atoms in total. The van der Waals surface area contributed by atoms with Gasteiger partial charge in [0.15, 0.2) is 0 Å². The van der Waals surface area contributed by atoms with Crippen LogP contribution in [0.2, 0.25) is 0 Å². The summed E-state index contributed by atoms with van der Waals surface area (Å²) in [5, 5.41) is 3.22. The van der Waals surface area contributed by atoms with E-state index in [4.69, 9.17) is 0 Å². The number of hydrogen-bond donors (Lipinski definition) is 1. The molecule has 0 aliphatic carbocycles. The first-order valence-electron chi connectivity index (χ1n) is 6.69. The molecule has 118 valence electrons. The van der Waals surface area contributed by atoms with Crippen LogP contribution in [0, 0.1) is 0 Å². The van der Waals surface area contributed by atoms with E-state index in [0.29, 0.717) is 18.1 Å². The van der Waals surface area contributed by atoms with E-state index < -0.39 is 6.36 Å². The molecule has 2 aromatic heterocycles. The molecule has 22 heavy (non-hydrogen) atoms. The Labute approximate surface area is 125 Å². The number of nitrogens with one attached hydrogen (secondary N) is 1. The van der Waals surface area contributed by atoms with Crippen LogP contribution in [0.4, 0.5) is 13.2 Å². The summed E-state index contributed by atoms with van der Waals surface area (Å²) >= 11 is 0. The van der Waals surface area contributed by atoms with Crippen molar-refractivity contribution in [3.63, 3.8) is 0 Å². The van der Waals surface area contributed by atoms with Crippen LogP contribution in [0.1, 0.15) is 30.9 Å². The molecule has 0 spiro atoms. The summed E-state index contributed by atoms with van der Waals surface area (Å²) in [5.41, 5.74) is 0.601. The maximum Gasteiger partial charge on any atom is 0.573 e. The largest absolute Gasteiger partial charge is 0.573 e. The van der Waals surface area contributed by atoms with Crippen LogP contribution in [0.25, 0.3) is 0 Å². The Hall–Kier alpha value is -2.22. The second kappa shape index (κ2) is 7.17. The summed E-state index contributed by atoms with van der Waals surface area (Å²) in [7, 11) is 0. The number of hydrogen-bond acceptors (Lipinski definition) is 5. The number of alkyl halides is 3. The Balaban J connectivity index is 1.93. The molecule has 1 atom stereocenters. The highest BCUT2D eigenvalue weighted by molar-refractivity contribution is 5.20. The fourth-order valence-corrected chi connectivity index (χ4v) is 1.85. The van der Waals surface area contributed by atoms with Gasteiger partial charge in [-0.15, -0.1) is 13.2 Å². The van der Waals surface area contributed by atoms with Crippen molar-refractivity contribution in [1.82, 2.24) is 20.3 Å². The second-order valence-electron chi connectivity index (χ2n) is 4.48. The molecular weight excluding hydrogens is 297 g/mol. The van der Waals surface area contributed by atoms with Crippen LogP contribution in [-0.2, 0) is 6.54 Å². The smallest absolute Gasteiger partial charge is 0.404 e.